The van der Waals surface area contributed by atoms with Crippen molar-refractivity contribution in [3.63, 3.8) is 0 Å². The fraction of sp³-hybridized carbons (Fsp3) is 0.625. The second-order valence-corrected chi connectivity index (χ2v) is 10.9. The summed E-state index contributed by atoms with van der Waals surface area (Å²) in [6.07, 6.45) is -47.8. The molecule has 1 atom stereocenters. The van der Waals surface area contributed by atoms with E-state index in [0.29, 0.717) is 0 Å². The number of ether oxygens (including phenoxy) is 1. The summed E-state index contributed by atoms with van der Waals surface area (Å²) in [5, 5.41) is -5.00. The van der Waals surface area contributed by atoms with Gasteiger partial charge in [-0.25, -0.2) is 8.78 Å². The Hall–Kier alpha value is -2.80. The summed E-state index contributed by atoms with van der Waals surface area (Å²) in [7, 11) is -10.7. The van der Waals surface area contributed by atoms with Crippen LogP contribution in [0.3, 0.4) is 0 Å². The minimum absolute atomic E-state index is 1.59. The molecular weight excluding hydrogens is 800 g/mol. The zero-order valence-electron chi connectivity index (χ0n) is 20.3. The first-order chi connectivity index (χ1) is 20.5. The van der Waals surface area contributed by atoms with E-state index in [4.69, 9.17) is 0 Å². The summed E-state index contributed by atoms with van der Waals surface area (Å²) in [4.78, 5) is 0. The smallest absolute Gasteiger partial charge is 0.419 e. The number of hydrogen-bond acceptors (Lipinski definition) is 3. The molecule has 32 heteroatoms. The molecule has 1 aromatic carbocycles. The number of rotatable bonds is 10. The first-order valence-electron chi connectivity index (χ1n) is 10.0. The van der Waals surface area contributed by atoms with E-state index >= 15 is 0 Å². The van der Waals surface area contributed by atoms with E-state index in [2.05, 4.69) is 4.74 Å². The quantitative estimate of drug-likeness (QED) is 0.135. The molecule has 48 heavy (non-hydrogen) atoms. The summed E-state index contributed by atoms with van der Waals surface area (Å²) >= 11 is 0. The second kappa shape index (κ2) is 11.6. The maximum atomic E-state index is 14.6. The molecule has 0 N–H and O–H groups in total. The largest absolute Gasteiger partial charge is 0.514 e. The van der Waals surface area contributed by atoms with Gasteiger partial charge in [-0.2, -0.15) is 101 Å². The molecule has 0 aliphatic carbocycles. The predicted molar refractivity (Wildman–Crippen MR) is 88.4 cm³/mol. The van der Waals surface area contributed by atoms with E-state index in [9.17, 15) is 123 Å². The average Bonchev–Trinajstić information content (AvgIpc) is 2.81. The number of alkyl halides is 24. The SMILES string of the molecule is Fc1c(F)c([Si](OC(F)(F)F)(OC(F)(F)C(F)(F)C(F)(F)C(F)(F)C(F)(F)F)C(F)(F)C(F)(F)F)c(F)c(F)c1OC(F)(F)C(F)(F)F. The topological polar surface area (TPSA) is 27.7 Å². The Labute approximate surface area is 241 Å². The van der Waals surface area contributed by atoms with Crippen LogP contribution >= 0.6 is 0 Å². The highest BCUT2D eigenvalue weighted by Gasteiger charge is 2.91. The third-order valence-corrected chi connectivity index (χ3v) is 8.19. The maximum Gasteiger partial charge on any atom is 0.514 e. The van der Waals surface area contributed by atoms with Gasteiger partial charge in [-0.15, -0.1) is 13.2 Å². The normalized spacial score (nSPS) is 16.7. The van der Waals surface area contributed by atoms with Crippen molar-refractivity contribution < 1.29 is 137 Å². The molecule has 0 bridgehead atoms. The van der Waals surface area contributed by atoms with E-state index in [0.717, 1.165) is 0 Å². The highest BCUT2D eigenvalue weighted by molar-refractivity contribution is 6.83. The molecule has 0 amide bonds. The van der Waals surface area contributed by atoms with Crippen molar-refractivity contribution in [2.45, 2.75) is 60.4 Å². The van der Waals surface area contributed by atoms with Crippen LogP contribution in [0.25, 0.3) is 0 Å². The van der Waals surface area contributed by atoms with Crippen molar-refractivity contribution in [1.82, 2.24) is 0 Å². The summed E-state index contributed by atoms with van der Waals surface area (Å²) < 4.78 is 379. The molecule has 0 fully saturated rings. The fourth-order valence-corrected chi connectivity index (χ4v) is 5.54. The minimum atomic E-state index is -10.7. The van der Waals surface area contributed by atoms with Crippen molar-refractivity contribution >= 4 is 13.7 Å². The van der Waals surface area contributed by atoms with Crippen LogP contribution in [0.2, 0.25) is 0 Å². The van der Waals surface area contributed by atoms with Crippen LogP contribution in [0.1, 0.15) is 0 Å². The van der Waals surface area contributed by atoms with Crippen LogP contribution in [0, 0.1) is 23.3 Å². The van der Waals surface area contributed by atoms with Gasteiger partial charge >= 0.3 is 69.0 Å². The van der Waals surface area contributed by atoms with E-state index < -0.39 is 103 Å². The molecule has 1 rings (SSSR count). The summed E-state index contributed by atoms with van der Waals surface area (Å²) in [5.74, 6) is -49.4. The molecule has 0 aliphatic rings. The Kier molecular flexibility index (Phi) is 10.5. The van der Waals surface area contributed by atoms with Crippen LogP contribution in [0.15, 0.2) is 0 Å². The zero-order chi connectivity index (χ0) is 39.1. The lowest BCUT2D eigenvalue weighted by molar-refractivity contribution is -0.450. The highest BCUT2D eigenvalue weighted by atomic mass is 28.4. The summed E-state index contributed by atoms with van der Waals surface area (Å²) in [6.45, 7) is 0. The standard InChI is InChI=1S/C16F28O3Si/c17-1-3(19)6(4(20)2(18)5(1)45-14(38,39)11(30,31)32)48(47-16(42,43)44,15(40,41)12(33,34)35)46-13(36,37)9(25,26)7(21,22)8(23,24)10(27,28)29. The van der Waals surface area contributed by atoms with Crippen LogP contribution in [-0.2, 0) is 8.85 Å². The van der Waals surface area contributed by atoms with E-state index in [1.54, 1.807) is 8.85 Å². The molecule has 0 heterocycles. The number of halogens is 28. The number of hydrogen-bond donors (Lipinski definition) is 0. The van der Waals surface area contributed by atoms with Gasteiger partial charge in [0.25, 0.3) is 0 Å². The van der Waals surface area contributed by atoms with Crippen LogP contribution in [-0.4, -0.2) is 69.0 Å². The Morgan fingerprint density at radius 1 is 0.375 bits per heavy atom. The molecule has 0 aromatic heterocycles. The van der Waals surface area contributed by atoms with Gasteiger partial charge in [0, 0.05) is 0 Å². The lowest BCUT2D eigenvalue weighted by atomic mass is 10.0. The third kappa shape index (κ3) is 6.69. The Bertz CT molecular complexity index is 1320. The molecule has 0 spiro atoms. The third-order valence-electron chi connectivity index (χ3n) is 4.92. The zero-order valence-corrected chi connectivity index (χ0v) is 21.3. The highest BCUT2D eigenvalue weighted by Crippen LogP contribution is 2.59. The molecule has 0 aliphatic heterocycles. The van der Waals surface area contributed by atoms with E-state index in [1.807, 2.05) is 0 Å². The predicted octanol–water partition coefficient (Wildman–Crippen LogP) is 8.78. The van der Waals surface area contributed by atoms with E-state index in [1.165, 1.54) is 0 Å². The second-order valence-electron chi connectivity index (χ2n) is 8.15. The van der Waals surface area contributed by atoms with Gasteiger partial charge in [0.15, 0.2) is 11.6 Å². The van der Waals surface area contributed by atoms with Crippen molar-refractivity contribution in [3.05, 3.63) is 23.3 Å². The molecule has 3 nitrogen and oxygen atoms in total. The summed E-state index contributed by atoms with van der Waals surface area (Å²) in [6, 6.07) is 0. The van der Waals surface area contributed by atoms with Gasteiger partial charge in [-0.05, 0) is 0 Å². The maximum absolute atomic E-state index is 14.6. The first kappa shape index (κ1) is 43.2. The Morgan fingerprint density at radius 2 is 0.750 bits per heavy atom. The summed E-state index contributed by atoms with van der Waals surface area (Å²) in [5.41, 5.74) is -8.67. The van der Waals surface area contributed by atoms with Gasteiger partial charge in [0.2, 0.25) is 17.4 Å². The molecular formula is C16F28O3Si. The molecule has 0 saturated carbocycles. The number of benzene rings is 1. The lowest BCUT2D eigenvalue weighted by Crippen LogP contribution is -2.78. The van der Waals surface area contributed by atoms with E-state index in [-0.39, 0.29) is 0 Å². The van der Waals surface area contributed by atoms with Crippen molar-refractivity contribution in [3.8, 4) is 5.75 Å². The minimum Gasteiger partial charge on any atom is -0.419 e. The van der Waals surface area contributed by atoms with Gasteiger partial charge in [-0.3, -0.25) is 4.43 Å². The van der Waals surface area contributed by atoms with Gasteiger partial charge in [-0.1, -0.05) is 0 Å². The van der Waals surface area contributed by atoms with Gasteiger partial charge in [0.1, 0.15) is 0 Å². The van der Waals surface area contributed by atoms with Crippen LogP contribution in [0.4, 0.5) is 123 Å². The van der Waals surface area contributed by atoms with Crippen molar-refractivity contribution in [1.29, 1.82) is 0 Å². The van der Waals surface area contributed by atoms with Gasteiger partial charge < -0.3 is 9.16 Å². The molecule has 0 saturated heterocycles. The molecule has 282 valence electrons. The van der Waals surface area contributed by atoms with Gasteiger partial charge in [0.05, 0.1) is 5.19 Å². The first-order valence-corrected chi connectivity index (χ1v) is 11.8. The Balaban J connectivity index is 4.56. The van der Waals surface area contributed by atoms with Crippen LogP contribution < -0.4 is 9.92 Å². The van der Waals surface area contributed by atoms with Crippen molar-refractivity contribution in [2.75, 3.05) is 0 Å². The lowest BCUT2D eigenvalue weighted by Gasteiger charge is -2.43. The van der Waals surface area contributed by atoms with Crippen molar-refractivity contribution in [2.24, 2.45) is 0 Å². The Morgan fingerprint density at radius 3 is 1.04 bits per heavy atom. The monoisotopic (exact) mass is 800 g/mol. The molecule has 0 radical (unpaired) electrons. The molecule has 1 unspecified atom stereocenters. The average molecular weight is 800 g/mol. The molecule has 1 aromatic rings. The van der Waals surface area contributed by atoms with Crippen LogP contribution in [0.5, 0.6) is 5.75 Å². The fourth-order valence-electron chi connectivity index (χ4n) is 2.74.